The van der Waals surface area contributed by atoms with Crippen LogP contribution in [0.4, 0.5) is 0 Å². The molecule has 0 aromatic carbocycles. The molecule has 84 valence electrons. The fraction of sp³-hybridized carbons (Fsp3) is 1.00. The van der Waals surface area contributed by atoms with Crippen molar-refractivity contribution in [1.82, 2.24) is 10.2 Å². The summed E-state index contributed by atoms with van der Waals surface area (Å²) in [6.45, 7) is 9.31. The summed E-state index contributed by atoms with van der Waals surface area (Å²) >= 11 is 0. The first kappa shape index (κ1) is 12.0. The number of nitrogens with zero attached hydrogens (tertiary/aromatic N) is 1. The highest BCUT2D eigenvalue weighted by atomic mass is 16.3. The largest absolute Gasteiger partial charge is 0.390 e. The van der Waals surface area contributed by atoms with Crippen LogP contribution in [0.3, 0.4) is 0 Å². The van der Waals surface area contributed by atoms with Gasteiger partial charge in [0.05, 0.1) is 6.10 Å². The standard InChI is InChI=1S/C11H24N2O/c1-3-5-12-7-11(14)9-13-6-4-10(2)8-13/h10-12,14H,3-9H2,1-2H3. The van der Waals surface area contributed by atoms with Crippen LogP contribution < -0.4 is 5.32 Å². The van der Waals surface area contributed by atoms with Gasteiger partial charge in [-0.25, -0.2) is 0 Å². The summed E-state index contributed by atoms with van der Waals surface area (Å²) in [7, 11) is 0. The van der Waals surface area contributed by atoms with E-state index in [9.17, 15) is 5.11 Å². The summed E-state index contributed by atoms with van der Waals surface area (Å²) in [6.07, 6.45) is 2.22. The Morgan fingerprint density at radius 2 is 2.36 bits per heavy atom. The van der Waals surface area contributed by atoms with Crippen molar-refractivity contribution in [2.75, 3.05) is 32.7 Å². The Bertz CT molecular complexity index is 152. The molecule has 3 heteroatoms. The fourth-order valence-corrected chi connectivity index (χ4v) is 2.00. The van der Waals surface area contributed by atoms with Gasteiger partial charge in [0.2, 0.25) is 0 Å². The summed E-state index contributed by atoms with van der Waals surface area (Å²) in [5.74, 6) is 0.811. The zero-order chi connectivity index (χ0) is 10.4. The topological polar surface area (TPSA) is 35.5 Å². The fourth-order valence-electron chi connectivity index (χ4n) is 2.00. The summed E-state index contributed by atoms with van der Waals surface area (Å²) in [5, 5.41) is 13.0. The van der Waals surface area contributed by atoms with Gasteiger partial charge in [-0.3, -0.25) is 0 Å². The van der Waals surface area contributed by atoms with Gasteiger partial charge in [0.15, 0.2) is 0 Å². The first-order valence-corrected chi connectivity index (χ1v) is 5.83. The van der Waals surface area contributed by atoms with Crippen molar-refractivity contribution in [1.29, 1.82) is 0 Å². The van der Waals surface area contributed by atoms with E-state index >= 15 is 0 Å². The number of aliphatic hydroxyl groups is 1. The van der Waals surface area contributed by atoms with Crippen LogP contribution >= 0.6 is 0 Å². The highest BCUT2D eigenvalue weighted by Crippen LogP contribution is 2.14. The summed E-state index contributed by atoms with van der Waals surface area (Å²) in [4.78, 5) is 2.36. The second kappa shape index (κ2) is 6.38. The molecule has 3 nitrogen and oxygen atoms in total. The van der Waals surface area contributed by atoms with Gasteiger partial charge in [-0.15, -0.1) is 0 Å². The van der Waals surface area contributed by atoms with E-state index in [1.54, 1.807) is 0 Å². The van der Waals surface area contributed by atoms with Crippen LogP contribution in [0.5, 0.6) is 0 Å². The molecule has 2 N–H and O–H groups in total. The van der Waals surface area contributed by atoms with Crippen molar-refractivity contribution in [3.8, 4) is 0 Å². The Balaban J connectivity index is 2.05. The lowest BCUT2D eigenvalue weighted by atomic mass is 10.2. The third kappa shape index (κ3) is 4.40. The number of β-amino-alcohol motifs (C(OH)–C–C–N with tert-alkyl or cyclic N) is 1. The number of aliphatic hydroxyl groups excluding tert-OH is 1. The average Bonchev–Trinajstić information content (AvgIpc) is 2.52. The first-order chi connectivity index (χ1) is 6.72. The zero-order valence-electron chi connectivity index (χ0n) is 9.50. The van der Waals surface area contributed by atoms with E-state index in [4.69, 9.17) is 0 Å². The van der Waals surface area contributed by atoms with Crippen molar-refractivity contribution in [3.05, 3.63) is 0 Å². The number of hydrogen-bond donors (Lipinski definition) is 2. The smallest absolute Gasteiger partial charge is 0.0791 e. The molecule has 1 fully saturated rings. The number of rotatable bonds is 6. The zero-order valence-corrected chi connectivity index (χ0v) is 9.50. The highest BCUT2D eigenvalue weighted by molar-refractivity contribution is 4.75. The molecule has 0 spiro atoms. The average molecular weight is 200 g/mol. The Kier molecular flexibility index (Phi) is 5.45. The van der Waals surface area contributed by atoms with Crippen molar-refractivity contribution < 1.29 is 5.11 Å². The molecule has 2 unspecified atom stereocenters. The lowest BCUT2D eigenvalue weighted by molar-refractivity contribution is 0.122. The molecule has 0 aliphatic carbocycles. The van der Waals surface area contributed by atoms with Crippen LogP contribution in [0.25, 0.3) is 0 Å². The summed E-state index contributed by atoms with van der Waals surface area (Å²) in [6, 6.07) is 0. The number of likely N-dealkylation sites (tertiary alicyclic amines) is 1. The molecule has 14 heavy (non-hydrogen) atoms. The molecule has 1 aliphatic heterocycles. The van der Waals surface area contributed by atoms with Gasteiger partial charge in [-0.1, -0.05) is 13.8 Å². The van der Waals surface area contributed by atoms with E-state index < -0.39 is 0 Å². The van der Waals surface area contributed by atoms with E-state index in [0.29, 0.717) is 0 Å². The minimum atomic E-state index is -0.202. The van der Waals surface area contributed by atoms with E-state index in [2.05, 4.69) is 24.1 Å². The van der Waals surface area contributed by atoms with Crippen molar-refractivity contribution >= 4 is 0 Å². The molecule has 0 bridgehead atoms. The van der Waals surface area contributed by atoms with Gasteiger partial charge in [0.1, 0.15) is 0 Å². The molecule has 0 aromatic heterocycles. The van der Waals surface area contributed by atoms with E-state index in [0.717, 1.165) is 45.1 Å². The van der Waals surface area contributed by atoms with Crippen molar-refractivity contribution in [3.63, 3.8) is 0 Å². The number of hydrogen-bond acceptors (Lipinski definition) is 3. The first-order valence-electron chi connectivity index (χ1n) is 5.83. The van der Waals surface area contributed by atoms with Crippen LogP contribution in [-0.4, -0.2) is 48.8 Å². The van der Waals surface area contributed by atoms with Gasteiger partial charge in [0, 0.05) is 19.6 Å². The predicted molar refractivity (Wildman–Crippen MR) is 59.4 cm³/mol. The van der Waals surface area contributed by atoms with Gasteiger partial charge >= 0.3 is 0 Å². The van der Waals surface area contributed by atoms with E-state index in [1.165, 1.54) is 6.42 Å². The molecular formula is C11H24N2O. The lowest BCUT2D eigenvalue weighted by Gasteiger charge is -2.19. The maximum atomic E-state index is 9.72. The quantitative estimate of drug-likeness (QED) is 0.619. The monoisotopic (exact) mass is 200 g/mol. The summed E-state index contributed by atoms with van der Waals surface area (Å²) in [5.41, 5.74) is 0. The molecule has 0 amide bonds. The van der Waals surface area contributed by atoms with Crippen molar-refractivity contribution in [2.24, 2.45) is 5.92 Å². The van der Waals surface area contributed by atoms with Crippen LogP contribution in [0.2, 0.25) is 0 Å². The molecule has 0 saturated carbocycles. The lowest BCUT2D eigenvalue weighted by Crippen LogP contribution is -2.37. The minimum Gasteiger partial charge on any atom is -0.390 e. The molecule has 1 rings (SSSR count). The third-order valence-corrected chi connectivity index (χ3v) is 2.78. The molecule has 1 heterocycles. The Labute approximate surface area is 87.5 Å². The predicted octanol–water partition coefficient (Wildman–Crippen LogP) is 0.689. The SMILES string of the molecule is CCCNCC(O)CN1CCC(C)C1. The second-order valence-corrected chi connectivity index (χ2v) is 4.51. The molecule has 1 saturated heterocycles. The Morgan fingerprint density at radius 1 is 1.57 bits per heavy atom. The molecular weight excluding hydrogens is 176 g/mol. The Hall–Kier alpha value is -0.120. The highest BCUT2D eigenvalue weighted by Gasteiger charge is 2.20. The molecule has 2 atom stereocenters. The van der Waals surface area contributed by atoms with E-state index in [-0.39, 0.29) is 6.10 Å². The van der Waals surface area contributed by atoms with Crippen LogP contribution in [0.1, 0.15) is 26.7 Å². The number of nitrogens with one attached hydrogen (secondary N) is 1. The van der Waals surface area contributed by atoms with Gasteiger partial charge < -0.3 is 15.3 Å². The minimum absolute atomic E-state index is 0.202. The second-order valence-electron chi connectivity index (χ2n) is 4.51. The van der Waals surface area contributed by atoms with E-state index in [1.807, 2.05) is 0 Å². The molecule has 0 aromatic rings. The molecule has 1 aliphatic rings. The normalized spacial score (nSPS) is 25.5. The van der Waals surface area contributed by atoms with Crippen LogP contribution in [0.15, 0.2) is 0 Å². The third-order valence-electron chi connectivity index (χ3n) is 2.78. The summed E-state index contributed by atoms with van der Waals surface area (Å²) < 4.78 is 0. The van der Waals surface area contributed by atoms with Crippen molar-refractivity contribution in [2.45, 2.75) is 32.8 Å². The van der Waals surface area contributed by atoms with Gasteiger partial charge in [0.25, 0.3) is 0 Å². The molecule has 0 radical (unpaired) electrons. The van der Waals surface area contributed by atoms with Gasteiger partial charge in [-0.05, 0) is 31.8 Å². The van der Waals surface area contributed by atoms with Crippen LogP contribution in [-0.2, 0) is 0 Å². The maximum Gasteiger partial charge on any atom is 0.0791 e. The Morgan fingerprint density at radius 3 is 2.93 bits per heavy atom. The maximum absolute atomic E-state index is 9.72. The van der Waals surface area contributed by atoms with Crippen LogP contribution in [0, 0.1) is 5.92 Å². The van der Waals surface area contributed by atoms with Gasteiger partial charge in [-0.2, -0.15) is 0 Å².